The third-order valence-electron chi connectivity index (χ3n) is 2.36. The highest BCUT2D eigenvalue weighted by Crippen LogP contribution is 2.26. The third kappa shape index (κ3) is 2.52. The topological polar surface area (TPSA) is 33.1 Å². The average Bonchev–Trinajstić information content (AvgIpc) is 1.93. The molecule has 0 aromatic heterocycles. The van der Waals surface area contributed by atoms with Crippen LogP contribution in [-0.2, 0) is 4.74 Å². The molecule has 1 aliphatic carbocycles. The van der Waals surface area contributed by atoms with Crippen LogP contribution < -0.4 is 0 Å². The Balaban J connectivity index is 2.35. The van der Waals surface area contributed by atoms with Gasteiger partial charge in [0.15, 0.2) is 5.90 Å². The van der Waals surface area contributed by atoms with Gasteiger partial charge in [-0.05, 0) is 25.2 Å². The Morgan fingerprint density at radius 2 is 2.00 bits per heavy atom. The SMILES string of the molecule is CC(=N)OC1CCCC[C@@H]1C. The molecule has 1 rings (SSSR count). The first-order chi connectivity index (χ1) is 5.20. The van der Waals surface area contributed by atoms with Gasteiger partial charge in [0.25, 0.3) is 0 Å². The van der Waals surface area contributed by atoms with Crippen LogP contribution in [0.15, 0.2) is 0 Å². The van der Waals surface area contributed by atoms with E-state index in [-0.39, 0.29) is 0 Å². The first-order valence-corrected chi connectivity index (χ1v) is 4.42. The Bertz CT molecular complexity index is 144. The maximum atomic E-state index is 7.20. The third-order valence-corrected chi connectivity index (χ3v) is 2.36. The monoisotopic (exact) mass is 155 g/mol. The molecule has 0 bridgehead atoms. The van der Waals surface area contributed by atoms with Crippen molar-refractivity contribution in [2.45, 2.75) is 45.6 Å². The van der Waals surface area contributed by atoms with Crippen molar-refractivity contribution in [2.75, 3.05) is 0 Å². The first-order valence-electron chi connectivity index (χ1n) is 4.42. The van der Waals surface area contributed by atoms with Crippen molar-refractivity contribution in [1.82, 2.24) is 0 Å². The van der Waals surface area contributed by atoms with E-state index in [9.17, 15) is 0 Å². The number of rotatable bonds is 1. The van der Waals surface area contributed by atoms with Crippen LogP contribution in [0.1, 0.15) is 39.5 Å². The van der Waals surface area contributed by atoms with Crippen LogP contribution in [0.4, 0.5) is 0 Å². The molecule has 0 aliphatic heterocycles. The smallest absolute Gasteiger partial charge is 0.177 e. The maximum Gasteiger partial charge on any atom is 0.177 e. The van der Waals surface area contributed by atoms with Crippen molar-refractivity contribution in [3.63, 3.8) is 0 Å². The zero-order valence-corrected chi connectivity index (χ0v) is 7.39. The molecule has 1 fully saturated rings. The Hall–Kier alpha value is -0.530. The fourth-order valence-corrected chi connectivity index (χ4v) is 1.68. The largest absolute Gasteiger partial charge is 0.478 e. The minimum Gasteiger partial charge on any atom is -0.478 e. The molecular weight excluding hydrogens is 138 g/mol. The molecule has 64 valence electrons. The number of ether oxygens (including phenoxy) is 1. The minimum atomic E-state index is 0.321. The second kappa shape index (κ2) is 3.74. The van der Waals surface area contributed by atoms with E-state index in [1.807, 2.05) is 0 Å². The lowest BCUT2D eigenvalue weighted by atomic mass is 9.88. The molecule has 0 aromatic carbocycles. The molecular formula is C9H17NO. The predicted octanol–water partition coefficient (Wildman–Crippen LogP) is 2.58. The zero-order chi connectivity index (χ0) is 8.27. The molecule has 2 atom stereocenters. The summed E-state index contributed by atoms with van der Waals surface area (Å²) in [5.41, 5.74) is 0. The van der Waals surface area contributed by atoms with Crippen molar-refractivity contribution < 1.29 is 4.74 Å². The summed E-state index contributed by atoms with van der Waals surface area (Å²) < 4.78 is 5.39. The summed E-state index contributed by atoms with van der Waals surface area (Å²) in [6, 6.07) is 0. The number of hydrogen-bond donors (Lipinski definition) is 1. The van der Waals surface area contributed by atoms with E-state index in [0.717, 1.165) is 6.42 Å². The Morgan fingerprint density at radius 1 is 1.36 bits per heavy atom. The lowest BCUT2D eigenvalue weighted by Crippen LogP contribution is -2.26. The molecule has 0 amide bonds. The van der Waals surface area contributed by atoms with Gasteiger partial charge in [-0.3, -0.25) is 5.41 Å². The van der Waals surface area contributed by atoms with Crippen LogP contribution in [0.3, 0.4) is 0 Å². The van der Waals surface area contributed by atoms with Gasteiger partial charge in [0.1, 0.15) is 6.10 Å². The molecule has 0 aromatic rings. The summed E-state index contributed by atoms with van der Waals surface area (Å²) in [5.74, 6) is 1.01. The van der Waals surface area contributed by atoms with Crippen LogP contribution in [0.2, 0.25) is 0 Å². The molecule has 2 heteroatoms. The molecule has 1 aliphatic rings. The van der Waals surface area contributed by atoms with Gasteiger partial charge in [0.2, 0.25) is 0 Å². The molecule has 0 radical (unpaired) electrons. The molecule has 1 N–H and O–H groups in total. The molecule has 0 heterocycles. The highest BCUT2D eigenvalue weighted by Gasteiger charge is 2.22. The molecule has 0 spiro atoms. The summed E-state index contributed by atoms with van der Waals surface area (Å²) in [4.78, 5) is 0. The fourth-order valence-electron chi connectivity index (χ4n) is 1.68. The standard InChI is InChI=1S/C9H17NO/c1-7-5-3-4-6-9(7)11-8(2)10/h7,9-10H,3-6H2,1-2H3/t7-,9?/m0/s1. The van der Waals surface area contributed by atoms with E-state index >= 15 is 0 Å². The maximum absolute atomic E-state index is 7.20. The summed E-state index contributed by atoms with van der Waals surface area (Å²) in [6.45, 7) is 3.92. The molecule has 1 unspecified atom stereocenters. The molecule has 0 saturated heterocycles. The fraction of sp³-hybridized carbons (Fsp3) is 0.889. The van der Waals surface area contributed by atoms with Gasteiger partial charge in [-0.1, -0.05) is 13.3 Å². The van der Waals surface area contributed by atoms with Crippen LogP contribution in [0.25, 0.3) is 0 Å². The van der Waals surface area contributed by atoms with Gasteiger partial charge >= 0.3 is 0 Å². The van der Waals surface area contributed by atoms with Gasteiger partial charge < -0.3 is 4.74 Å². The lowest BCUT2D eigenvalue weighted by Gasteiger charge is -2.28. The van der Waals surface area contributed by atoms with E-state index < -0.39 is 0 Å². The normalized spacial score (nSPS) is 31.5. The van der Waals surface area contributed by atoms with E-state index in [1.165, 1.54) is 19.3 Å². The summed E-state index contributed by atoms with van der Waals surface area (Å²) in [5, 5.41) is 7.20. The van der Waals surface area contributed by atoms with Gasteiger partial charge in [-0.15, -0.1) is 0 Å². The van der Waals surface area contributed by atoms with Gasteiger partial charge in [-0.25, -0.2) is 0 Å². The summed E-state index contributed by atoms with van der Waals surface area (Å²) in [6.07, 6.45) is 5.32. The van der Waals surface area contributed by atoms with Crippen molar-refractivity contribution in [1.29, 1.82) is 5.41 Å². The van der Waals surface area contributed by atoms with Crippen molar-refractivity contribution in [3.05, 3.63) is 0 Å². The summed E-state index contributed by atoms with van der Waals surface area (Å²) >= 11 is 0. The second-order valence-electron chi connectivity index (χ2n) is 3.47. The van der Waals surface area contributed by atoms with Crippen molar-refractivity contribution >= 4 is 5.90 Å². The van der Waals surface area contributed by atoms with Crippen LogP contribution >= 0.6 is 0 Å². The minimum absolute atomic E-state index is 0.321. The summed E-state index contributed by atoms with van der Waals surface area (Å²) in [7, 11) is 0. The van der Waals surface area contributed by atoms with Crippen LogP contribution in [0, 0.1) is 11.3 Å². The highest BCUT2D eigenvalue weighted by molar-refractivity contribution is 5.69. The van der Waals surface area contributed by atoms with Crippen molar-refractivity contribution in [3.8, 4) is 0 Å². The highest BCUT2D eigenvalue weighted by atomic mass is 16.5. The second-order valence-corrected chi connectivity index (χ2v) is 3.47. The van der Waals surface area contributed by atoms with E-state index in [1.54, 1.807) is 6.92 Å². The Labute approximate surface area is 68.5 Å². The quantitative estimate of drug-likeness (QED) is 0.458. The number of hydrogen-bond acceptors (Lipinski definition) is 2. The zero-order valence-electron chi connectivity index (χ0n) is 7.39. The van der Waals surface area contributed by atoms with E-state index in [4.69, 9.17) is 10.1 Å². The Morgan fingerprint density at radius 3 is 2.55 bits per heavy atom. The van der Waals surface area contributed by atoms with E-state index in [2.05, 4.69) is 6.92 Å². The number of nitrogens with one attached hydrogen (secondary N) is 1. The van der Waals surface area contributed by atoms with Gasteiger partial charge in [0.05, 0.1) is 0 Å². The molecule has 1 saturated carbocycles. The van der Waals surface area contributed by atoms with Crippen molar-refractivity contribution in [2.24, 2.45) is 5.92 Å². The average molecular weight is 155 g/mol. The van der Waals surface area contributed by atoms with Crippen LogP contribution in [0.5, 0.6) is 0 Å². The first kappa shape index (κ1) is 8.57. The van der Waals surface area contributed by atoms with E-state index in [0.29, 0.717) is 17.9 Å². The predicted molar refractivity (Wildman–Crippen MR) is 45.9 cm³/mol. The molecule has 2 nitrogen and oxygen atoms in total. The Kier molecular flexibility index (Phi) is 2.92. The van der Waals surface area contributed by atoms with Crippen LogP contribution in [-0.4, -0.2) is 12.0 Å². The van der Waals surface area contributed by atoms with Gasteiger partial charge in [-0.2, -0.15) is 0 Å². The van der Waals surface area contributed by atoms with Gasteiger partial charge in [0, 0.05) is 6.92 Å². The lowest BCUT2D eigenvalue weighted by molar-refractivity contribution is 0.0893. The molecule has 11 heavy (non-hydrogen) atoms.